The number of rotatable bonds is 0. The van der Waals surface area contributed by atoms with Gasteiger partial charge in [-0.05, 0) is 37.3 Å². The zero-order valence-corrected chi connectivity index (χ0v) is 18.8. The summed E-state index contributed by atoms with van der Waals surface area (Å²) in [5.74, 6) is -1.81. The molecule has 1 aliphatic carbocycles. The summed E-state index contributed by atoms with van der Waals surface area (Å²) in [4.78, 5) is 25.4. The van der Waals surface area contributed by atoms with Gasteiger partial charge in [0.25, 0.3) is 0 Å². The average Bonchev–Trinajstić information content (AvgIpc) is 3.05. The molecule has 0 aromatic rings. The Morgan fingerprint density at radius 2 is 1.91 bits per heavy atom. The minimum Gasteiger partial charge on any atom is -0.462 e. The Morgan fingerprint density at radius 3 is 2.69 bits per heavy atom. The third-order valence-electron chi connectivity index (χ3n) is 6.89. The molecule has 3 heterocycles. The van der Waals surface area contributed by atoms with Gasteiger partial charge in [-0.3, -0.25) is 9.59 Å². The lowest BCUT2D eigenvalue weighted by Crippen LogP contribution is -2.57. The lowest BCUT2D eigenvalue weighted by atomic mass is 9.71. The topological polar surface area (TPSA) is 102 Å². The highest BCUT2D eigenvalue weighted by Gasteiger charge is 2.59. The van der Waals surface area contributed by atoms with Gasteiger partial charge in [-0.15, -0.1) is 0 Å². The van der Waals surface area contributed by atoms with Crippen LogP contribution in [-0.2, 0) is 23.8 Å². The number of esters is 2. The number of hydrogen-bond acceptors (Lipinski definition) is 7. The standard InChI is InChI=1S/C25H32O7/c1-14-5-4-6-17-13-30-23-22(27)16(3)10-20(25(17,23)29)24(28)32-19-11-18(31-21(26)12-19)8-7-15(2)9-14/h4-7,10,14,18-20,22-23,27,29H,8-9,11-13H2,1-3H3/b5-4+,15-7+,17-6+/t14-,18+,19-,20-,22+,23+,25+/m0/s1. The fraction of sp³-hybridized carbons (Fsp3) is 0.600. The Bertz CT molecular complexity index is 898. The summed E-state index contributed by atoms with van der Waals surface area (Å²) < 4.78 is 17.0. The van der Waals surface area contributed by atoms with Crippen molar-refractivity contribution in [1.82, 2.24) is 0 Å². The molecule has 0 saturated carbocycles. The summed E-state index contributed by atoms with van der Waals surface area (Å²) in [6, 6.07) is 0. The first-order valence-corrected chi connectivity index (χ1v) is 11.3. The quantitative estimate of drug-likeness (QED) is 0.437. The molecule has 0 amide bonds. The molecule has 7 nitrogen and oxygen atoms in total. The summed E-state index contributed by atoms with van der Waals surface area (Å²) in [6.07, 6.45) is 8.20. The number of fused-ring (bicyclic) bond motifs is 2. The Labute approximate surface area is 188 Å². The summed E-state index contributed by atoms with van der Waals surface area (Å²) in [6.45, 7) is 5.96. The largest absolute Gasteiger partial charge is 0.462 e. The normalized spacial score (nSPS) is 44.7. The van der Waals surface area contributed by atoms with E-state index in [-0.39, 0.29) is 25.0 Å². The minimum atomic E-state index is -1.72. The highest BCUT2D eigenvalue weighted by Crippen LogP contribution is 2.45. The number of aliphatic hydroxyl groups excluding tert-OH is 1. The van der Waals surface area contributed by atoms with Crippen molar-refractivity contribution in [2.45, 2.75) is 76.5 Å². The van der Waals surface area contributed by atoms with E-state index in [1.165, 1.54) is 5.57 Å². The van der Waals surface area contributed by atoms with Crippen LogP contribution in [0.3, 0.4) is 0 Å². The van der Waals surface area contributed by atoms with E-state index in [4.69, 9.17) is 14.2 Å². The van der Waals surface area contributed by atoms with Crippen molar-refractivity contribution in [2.24, 2.45) is 11.8 Å². The molecule has 2 bridgehead atoms. The number of aliphatic hydroxyl groups is 2. The Kier molecular flexibility index (Phi) is 6.43. The fourth-order valence-corrected chi connectivity index (χ4v) is 5.14. The maximum Gasteiger partial charge on any atom is 0.316 e. The second-order valence-corrected chi connectivity index (χ2v) is 9.55. The number of hydrogen-bond donors (Lipinski definition) is 2. The monoisotopic (exact) mass is 444 g/mol. The Hall–Kier alpha value is -2.22. The van der Waals surface area contributed by atoms with Gasteiger partial charge in [-0.25, -0.2) is 0 Å². The number of carbonyl (C=O) groups excluding carboxylic acids is 2. The molecule has 0 aromatic carbocycles. The van der Waals surface area contributed by atoms with Crippen molar-refractivity contribution in [3.8, 4) is 0 Å². The molecule has 3 aliphatic heterocycles. The zero-order chi connectivity index (χ0) is 23.0. The highest BCUT2D eigenvalue weighted by atomic mass is 16.6. The van der Waals surface area contributed by atoms with Crippen LogP contribution in [0.5, 0.6) is 0 Å². The molecule has 7 atom stereocenters. The van der Waals surface area contributed by atoms with Crippen LogP contribution < -0.4 is 0 Å². The molecule has 4 aliphatic rings. The van der Waals surface area contributed by atoms with E-state index >= 15 is 0 Å². The zero-order valence-electron chi connectivity index (χ0n) is 18.8. The third kappa shape index (κ3) is 4.34. The average molecular weight is 445 g/mol. The molecular formula is C25H32O7. The molecule has 174 valence electrons. The van der Waals surface area contributed by atoms with Gasteiger partial charge >= 0.3 is 11.9 Å². The van der Waals surface area contributed by atoms with Crippen molar-refractivity contribution >= 4 is 11.9 Å². The number of allylic oxidation sites excluding steroid dienone is 4. The van der Waals surface area contributed by atoms with Gasteiger partial charge in [0.2, 0.25) is 0 Å². The van der Waals surface area contributed by atoms with E-state index in [2.05, 4.69) is 19.9 Å². The molecule has 2 N–H and O–H groups in total. The van der Waals surface area contributed by atoms with Crippen LogP contribution in [0.25, 0.3) is 0 Å². The molecule has 32 heavy (non-hydrogen) atoms. The molecule has 0 spiro atoms. The van der Waals surface area contributed by atoms with Crippen LogP contribution in [0.1, 0.15) is 46.5 Å². The van der Waals surface area contributed by atoms with Gasteiger partial charge in [0.1, 0.15) is 35.9 Å². The first kappa shape index (κ1) is 23.0. The van der Waals surface area contributed by atoms with Gasteiger partial charge < -0.3 is 24.4 Å². The number of ether oxygens (including phenoxy) is 3. The first-order valence-electron chi connectivity index (χ1n) is 11.3. The van der Waals surface area contributed by atoms with Crippen LogP contribution >= 0.6 is 0 Å². The van der Waals surface area contributed by atoms with Crippen molar-refractivity contribution < 1.29 is 34.0 Å². The highest BCUT2D eigenvalue weighted by molar-refractivity contribution is 5.79. The van der Waals surface area contributed by atoms with Crippen LogP contribution in [0.4, 0.5) is 0 Å². The molecule has 0 aromatic heterocycles. The summed E-state index contributed by atoms with van der Waals surface area (Å²) in [5.41, 5.74) is 0.542. The van der Waals surface area contributed by atoms with E-state index in [0.29, 0.717) is 24.0 Å². The van der Waals surface area contributed by atoms with Gasteiger partial charge in [0.15, 0.2) is 0 Å². The molecule has 7 heteroatoms. The minimum absolute atomic E-state index is 0.0101. The van der Waals surface area contributed by atoms with E-state index in [0.717, 1.165) is 6.42 Å². The smallest absolute Gasteiger partial charge is 0.316 e. The summed E-state index contributed by atoms with van der Waals surface area (Å²) >= 11 is 0. The summed E-state index contributed by atoms with van der Waals surface area (Å²) in [5, 5.41) is 22.3. The second kappa shape index (κ2) is 8.96. The third-order valence-corrected chi connectivity index (χ3v) is 6.89. The first-order chi connectivity index (χ1) is 15.2. The van der Waals surface area contributed by atoms with Crippen LogP contribution in [0, 0.1) is 11.8 Å². The SMILES string of the molecule is CC1=C[C@H]2C(=O)O[C@@H]3CC(=O)O[C@H](C/C=C(\C)C[C@@H](C)/C=C/C=C4\CO[C@H]([C@@H]1O)[C@@]42O)C3. The van der Waals surface area contributed by atoms with Gasteiger partial charge in [0, 0.05) is 12.8 Å². The van der Waals surface area contributed by atoms with E-state index in [9.17, 15) is 19.8 Å². The van der Waals surface area contributed by atoms with Crippen molar-refractivity contribution in [3.05, 3.63) is 47.1 Å². The van der Waals surface area contributed by atoms with Crippen molar-refractivity contribution in [2.75, 3.05) is 6.61 Å². The summed E-state index contributed by atoms with van der Waals surface area (Å²) in [7, 11) is 0. The van der Waals surface area contributed by atoms with Crippen LogP contribution in [0.15, 0.2) is 47.1 Å². The molecule has 0 radical (unpaired) electrons. The molecule has 0 unspecified atom stereocenters. The maximum absolute atomic E-state index is 13.3. The molecular weight excluding hydrogens is 412 g/mol. The Morgan fingerprint density at radius 1 is 1.12 bits per heavy atom. The van der Waals surface area contributed by atoms with E-state index < -0.39 is 41.8 Å². The molecule has 4 rings (SSSR count). The lowest BCUT2D eigenvalue weighted by Gasteiger charge is -2.41. The van der Waals surface area contributed by atoms with Gasteiger partial charge in [0.05, 0.1) is 13.0 Å². The lowest BCUT2D eigenvalue weighted by molar-refractivity contribution is -0.178. The maximum atomic E-state index is 13.3. The van der Waals surface area contributed by atoms with Crippen LogP contribution in [-0.4, -0.2) is 58.8 Å². The molecule has 2 fully saturated rings. The predicted octanol–water partition coefficient (Wildman–Crippen LogP) is 2.53. The Balaban J connectivity index is 1.73. The van der Waals surface area contributed by atoms with E-state index in [1.54, 1.807) is 19.1 Å². The van der Waals surface area contributed by atoms with Gasteiger partial charge in [-0.2, -0.15) is 0 Å². The van der Waals surface area contributed by atoms with Crippen LogP contribution in [0.2, 0.25) is 0 Å². The van der Waals surface area contributed by atoms with E-state index in [1.807, 2.05) is 12.2 Å². The molecule has 2 saturated heterocycles. The van der Waals surface area contributed by atoms with Crippen molar-refractivity contribution in [3.63, 3.8) is 0 Å². The fourth-order valence-electron chi connectivity index (χ4n) is 5.14. The van der Waals surface area contributed by atoms with Crippen molar-refractivity contribution in [1.29, 1.82) is 0 Å². The second-order valence-electron chi connectivity index (χ2n) is 9.55. The predicted molar refractivity (Wildman–Crippen MR) is 116 cm³/mol. The van der Waals surface area contributed by atoms with Gasteiger partial charge in [-0.1, -0.05) is 42.9 Å². The number of carbonyl (C=O) groups is 2.